The third-order valence-corrected chi connectivity index (χ3v) is 4.12. The first-order valence-corrected chi connectivity index (χ1v) is 7.80. The van der Waals surface area contributed by atoms with Crippen LogP contribution in [0.25, 0.3) is 11.0 Å². The molecule has 0 aliphatic carbocycles. The van der Waals surface area contributed by atoms with Crippen molar-refractivity contribution in [1.82, 2.24) is 20.0 Å². The average Bonchev–Trinajstić information content (AvgIpc) is 3.28. The molecule has 1 amide bonds. The van der Waals surface area contributed by atoms with Gasteiger partial charge < -0.3 is 19.1 Å². The van der Waals surface area contributed by atoms with Crippen LogP contribution in [0.2, 0.25) is 0 Å². The van der Waals surface area contributed by atoms with Crippen LogP contribution in [0.15, 0.2) is 35.0 Å². The molecule has 10 heteroatoms. The van der Waals surface area contributed by atoms with Gasteiger partial charge in [0.2, 0.25) is 5.76 Å². The molecule has 1 saturated heterocycles. The van der Waals surface area contributed by atoms with Crippen LogP contribution in [0.1, 0.15) is 28.0 Å². The summed E-state index contributed by atoms with van der Waals surface area (Å²) in [5.41, 5.74) is 1.11. The van der Waals surface area contributed by atoms with E-state index in [1.165, 1.54) is 4.90 Å². The number of nitrogens with one attached hydrogen (secondary N) is 1. The van der Waals surface area contributed by atoms with Gasteiger partial charge in [0.1, 0.15) is 6.10 Å². The highest BCUT2D eigenvalue weighted by atomic mass is 19.4. The zero-order valence-electron chi connectivity index (χ0n) is 13.3. The molecule has 1 unspecified atom stereocenters. The molecule has 1 fully saturated rings. The molecule has 3 aromatic rings. The van der Waals surface area contributed by atoms with Crippen molar-refractivity contribution in [3.63, 3.8) is 0 Å². The number of carbonyl (C=O) groups is 1. The van der Waals surface area contributed by atoms with E-state index in [4.69, 9.17) is 4.74 Å². The number of H-pyrrole nitrogens is 1. The number of hydrogen-bond donors (Lipinski definition) is 1. The quantitative estimate of drug-likeness (QED) is 0.754. The number of hydrogen-bond acceptors (Lipinski definition) is 5. The predicted octanol–water partition coefficient (Wildman–Crippen LogP) is 2.78. The topological polar surface area (TPSA) is 84.2 Å². The lowest BCUT2D eigenvalue weighted by Gasteiger charge is -2.31. The molecule has 1 aliphatic rings. The summed E-state index contributed by atoms with van der Waals surface area (Å²) in [4.78, 5) is 21.2. The second-order valence-electron chi connectivity index (χ2n) is 5.85. The van der Waals surface area contributed by atoms with E-state index in [0.717, 1.165) is 16.7 Å². The summed E-state index contributed by atoms with van der Waals surface area (Å²) in [7, 11) is 0. The van der Waals surface area contributed by atoms with E-state index in [-0.39, 0.29) is 19.7 Å². The summed E-state index contributed by atoms with van der Waals surface area (Å²) < 4.78 is 48.1. The molecule has 0 radical (unpaired) electrons. The molecular formula is C16H13F3N4O3. The molecule has 1 N–H and O–H groups in total. The van der Waals surface area contributed by atoms with Crippen LogP contribution in [-0.4, -0.2) is 45.6 Å². The summed E-state index contributed by atoms with van der Waals surface area (Å²) >= 11 is 0. The first-order chi connectivity index (χ1) is 12.4. The molecule has 7 nitrogen and oxygen atoms in total. The lowest BCUT2D eigenvalue weighted by atomic mass is 10.2. The van der Waals surface area contributed by atoms with Crippen LogP contribution < -0.4 is 0 Å². The number of morpholine rings is 1. The van der Waals surface area contributed by atoms with Crippen molar-refractivity contribution < 1.29 is 27.2 Å². The van der Waals surface area contributed by atoms with E-state index >= 15 is 0 Å². The number of fused-ring (bicyclic) bond motifs is 1. The van der Waals surface area contributed by atoms with Crippen molar-refractivity contribution in [3.8, 4) is 0 Å². The molecule has 0 bridgehead atoms. The minimum atomic E-state index is -4.66. The highest BCUT2D eigenvalue weighted by molar-refractivity contribution is 5.91. The largest absolute Gasteiger partial charge is 0.436 e. The minimum absolute atomic E-state index is 0.174. The molecule has 26 heavy (non-hydrogen) atoms. The van der Waals surface area contributed by atoms with Crippen LogP contribution in [0.3, 0.4) is 0 Å². The van der Waals surface area contributed by atoms with Gasteiger partial charge in [-0.1, -0.05) is 5.16 Å². The first-order valence-electron chi connectivity index (χ1n) is 7.80. The summed E-state index contributed by atoms with van der Waals surface area (Å²) in [5, 5.41) is 2.92. The molecular weight excluding hydrogens is 353 g/mol. The van der Waals surface area contributed by atoms with Crippen LogP contribution in [0.5, 0.6) is 0 Å². The molecule has 1 aliphatic heterocycles. The van der Waals surface area contributed by atoms with Gasteiger partial charge in [-0.2, -0.15) is 13.2 Å². The predicted molar refractivity (Wildman–Crippen MR) is 82.2 cm³/mol. The van der Waals surface area contributed by atoms with Crippen molar-refractivity contribution >= 4 is 16.9 Å². The van der Waals surface area contributed by atoms with Crippen molar-refractivity contribution in [2.24, 2.45) is 0 Å². The number of carbonyl (C=O) groups excluding carboxylic acids is 1. The van der Waals surface area contributed by atoms with Crippen LogP contribution >= 0.6 is 0 Å². The molecule has 4 rings (SSSR count). The number of alkyl halides is 3. The number of amides is 1. The van der Waals surface area contributed by atoms with Gasteiger partial charge in [0.25, 0.3) is 5.91 Å². The monoisotopic (exact) mass is 366 g/mol. The average molecular weight is 366 g/mol. The Balaban J connectivity index is 1.52. The second kappa shape index (κ2) is 6.13. The van der Waals surface area contributed by atoms with Crippen LogP contribution in [0, 0.1) is 0 Å². The maximum absolute atomic E-state index is 12.6. The highest BCUT2D eigenvalue weighted by Crippen LogP contribution is 2.30. The first kappa shape index (κ1) is 16.6. The van der Waals surface area contributed by atoms with E-state index in [2.05, 4.69) is 19.6 Å². The number of nitrogens with zero attached hydrogens (tertiary/aromatic N) is 3. The van der Waals surface area contributed by atoms with Gasteiger partial charge in [-0.3, -0.25) is 9.78 Å². The molecule has 4 heterocycles. The third-order valence-electron chi connectivity index (χ3n) is 4.12. The van der Waals surface area contributed by atoms with Gasteiger partial charge in [-0.25, -0.2) is 0 Å². The normalized spacial score (nSPS) is 18.4. The minimum Gasteiger partial charge on any atom is -0.368 e. The zero-order valence-corrected chi connectivity index (χ0v) is 13.3. The van der Waals surface area contributed by atoms with Gasteiger partial charge >= 0.3 is 6.18 Å². The standard InChI is InChI=1S/C16H13F3N4O3/c17-16(18,19)14-7-12(26-22-14)15(24)23-4-5-25-13(8-23)11-6-10-9(21-11)2-1-3-20-10/h1-3,6-7,13,21H,4-5,8H2. The number of aromatic amines is 1. The summed E-state index contributed by atoms with van der Waals surface area (Å²) in [5.74, 6) is -1.10. The maximum atomic E-state index is 12.6. The molecule has 136 valence electrons. The van der Waals surface area contributed by atoms with Crippen LogP contribution in [-0.2, 0) is 10.9 Å². The maximum Gasteiger partial charge on any atom is 0.436 e. The number of ether oxygens (including phenoxy) is 1. The Hall–Kier alpha value is -2.88. The van der Waals surface area contributed by atoms with Crippen molar-refractivity contribution in [2.45, 2.75) is 12.3 Å². The Labute approximate surface area is 144 Å². The third kappa shape index (κ3) is 3.03. The molecule has 0 spiro atoms. The lowest BCUT2D eigenvalue weighted by Crippen LogP contribution is -2.42. The summed E-state index contributed by atoms with van der Waals surface area (Å²) in [6.07, 6.45) is -3.43. The Morgan fingerprint density at radius 1 is 1.35 bits per heavy atom. The second-order valence-corrected chi connectivity index (χ2v) is 5.85. The smallest absolute Gasteiger partial charge is 0.368 e. The van der Waals surface area contributed by atoms with Crippen LogP contribution in [0.4, 0.5) is 13.2 Å². The van der Waals surface area contributed by atoms with E-state index in [9.17, 15) is 18.0 Å². The summed E-state index contributed by atoms with van der Waals surface area (Å²) in [6.45, 7) is 0.670. The van der Waals surface area contributed by atoms with Gasteiger partial charge in [-0.05, 0) is 18.2 Å². The Morgan fingerprint density at radius 3 is 2.92 bits per heavy atom. The Morgan fingerprint density at radius 2 is 2.19 bits per heavy atom. The number of aromatic nitrogens is 3. The highest BCUT2D eigenvalue weighted by Gasteiger charge is 2.37. The fourth-order valence-electron chi connectivity index (χ4n) is 2.84. The van der Waals surface area contributed by atoms with Gasteiger partial charge in [0.15, 0.2) is 5.69 Å². The Kier molecular flexibility index (Phi) is 3.91. The number of rotatable bonds is 2. The van der Waals surface area contributed by atoms with E-state index < -0.39 is 29.6 Å². The SMILES string of the molecule is O=C(c1cc(C(F)(F)F)no1)N1CCOC(c2cc3ncccc3[nH]2)C1. The Bertz CT molecular complexity index is 917. The van der Waals surface area contributed by atoms with Gasteiger partial charge in [-0.15, -0.1) is 0 Å². The van der Waals surface area contributed by atoms with Crippen molar-refractivity contribution in [3.05, 3.63) is 47.6 Å². The fourth-order valence-corrected chi connectivity index (χ4v) is 2.84. The molecule has 3 aromatic heterocycles. The zero-order chi connectivity index (χ0) is 18.3. The molecule has 0 aromatic carbocycles. The number of halogens is 3. The molecule has 1 atom stereocenters. The molecule has 0 saturated carbocycles. The van der Waals surface area contributed by atoms with Gasteiger partial charge in [0, 0.05) is 24.5 Å². The lowest BCUT2D eigenvalue weighted by molar-refractivity contribution is -0.142. The van der Waals surface area contributed by atoms with Gasteiger partial charge in [0.05, 0.1) is 24.2 Å². The fraction of sp³-hybridized carbons (Fsp3) is 0.312. The van der Waals surface area contributed by atoms with E-state index in [1.807, 2.05) is 12.1 Å². The number of pyridine rings is 1. The van der Waals surface area contributed by atoms with E-state index in [1.54, 1.807) is 12.3 Å². The van der Waals surface area contributed by atoms with E-state index in [0.29, 0.717) is 6.07 Å². The van der Waals surface area contributed by atoms with Crippen molar-refractivity contribution in [1.29, 1.82) is 0 Å². The van der Waals surface area contributed by atoms with Crippen molar-refractivity contribution in [2.75, 3.05) is 19.7 Å². The summed E-state index contributed by atoms with van der Waals surface area (Å²) in [6, 6.07) is 6.09.